The van der Waals surface area contributed by atoms with Crippen molar-refractivity contribution in [2.75, 3.05) is 19.7 Å². The molecule has 2 aromatic rings. The number of carbonyl (C=O) groups is 2. The fourth-order valence-corrected chi connectivity index (χ4v) is 4.53. The lowest BCUT2D eigenvalue weighted by Gasteiger charge is -2.30. The minimum absolute atomic E-state index is 0.0305. The highest BCUT2D eigenvalue weighted by molar-refractivity contribution is 5.91. The highest BCUT2D eigenvalue weighted by Crippen LogP contribution is 2.25. The number of hydrogen-bond acceptors (Lipinski definition) is 4. The number of hydrogen-bond donors (Lipinski definition) is 2. The number of nitrogens with one attached hydrogen (secondary N) is 1. The number of urea groups is 1. The molecule has 7 nitrogen and oxygen atoms in total. The van der Waals surface area contributed by atoms with Gasteiger partial charge in [-0.15, -0.1) is 0 Å². The molecule has 190 valence electrons. The second-order valence-electron chi connectivity index (χ2n) is 9.25. The van der Waals surface area contributed by atoms with E-state index < -0.39 is 5.97 Å². The van der Waals surface area contributed by atoms with Crippen LogP contribution in [0.15, 0.2) is 42.5 Å². The summed E-state index contributed by atoms with van der Waals surface area (Å²) in [5.74, 6) is -0.922. The van der Waals surface area contributed by atoms with Crippen LogP contribution in [0.4, 0.5) is 4.79 Å². The zero-order chi connectivity index (χ0) is 25.2. The monoisotopic (exact) mass is 482 g/mol. The fourth-order valence-electron chi connectivity index (χ4n) is 4.53. The Morgan fingerprint density at radius 1 is 1.06 bits per heavy atom. The lowest BCUT2D eigenvalue weighted by Crippen LogP contribution is -2.41. The van der Waals surface area contributed by atoms with Crippen LogP contribution in [-0.4, -0.2) is 53.9 Å². The topological polar surface area (TPSA) is 88.1 Å². The Balaban J connectivity index is 1.50. The van der Waals surface area contributed by atoms with Crippen molar-refractivity contribution in [3.8, 4) is 0 Å². The second-order valence-corrected chi connectivity index (χ2v) is 9.25. The maximum absolute atomic E-state index is 12.6. The van der Waals surface area contributed by atoms with Crippen molar-refractivity contribution in [1.29, 1.82) is 0 Å². The number of aromatic carboxylic acids is 1. The van der Waals surface area contributed by atoms with Gasteiger partial charge < -0.3 is 24.8 Å². The second kappa shape index (κ2) is 13.3. The SMILES string of the molecule is CCNC(=O)N(CCO[C@H]1CCCC(OCc2cccc(C)c2C(=O)O)C1)Cc1ccc(C)cc1. The van der Waals surface area contributed by atoms with Gasteiger partial charge in [0.2, 0.25) is 0 Å². The van der Waals surface area contributed by atoms with Crippen LogP contribution >= 0.6 is 0 Å². The van der Waals surface area contributed by atoms with Crippen molar-refractivity contribution >= 4 is 12.0 Å². The summed E-state index contributed by atoms with van der Waals surface area (Å²) in [6.45, 7) is 8.13. The molecule has 7 heteroatoms. The van der Waals surface area contributed by atoms with Crippen LogP contribution < -0.4 is 5.32 Å². The van der Waals surface area contributed by atoms with Gasteiger partial charge in [-0.3, -0.25) is 0 Å². The average Bonchev–Trinajstić information content (AvgIpc) is 2.83. The number of carbonyl (C=O) groups excluding carboxylic acids is 1. The van der Waals surface area contributed by atoms with Gasteiger partial charge in [0.15, 0.2) is 0 Å². The summed E-state index contributed by atoms with van der Waals surface area (Å²) in [4.78, 5) is 26.0. The molecule has 0 bridgehead atoms. The molecule has 2 N–H and O–H groups in total. The largest absolute Gasteiger partial charge is 0.478 e. The van der Waals surface area contributed by atoms with E-state index in [1.807, 2.05) is 26.0 Å². The molecular weight excluding hydrogens is 444 g/mol. The first-order valence-electron chi connectivity index (χ1n) is 12.5. The highest BCUT2D eigenvalue weighted by atomic mass is 16.5. The molecular formula is C28H38N2O5. The summed E-state index contributed by atoms with van der Waals surface area (Å²) in [7, 11) is 0. The number of ether oxygens (including phenoxy) is 2. The minimum Gasteiger partial charge on any atom is -0.478 e. The molecule has 3 rings (SSSR count). The summed E-state index contributed by atoms with van der Waals surface area (Å²) in [5, 5.41) is 12.4. The molecule has 0 aromatic heterocycles. The van der Waals surface area contributed by atoms with Gasteiger partial charge in [-0.25, -0.2) is 9.59 Å². The Hall–Kier alpha value is -2.90. The van der Waals surface area contributed by atoms with Crippen LogP contribution in [0.3, 0.4) is 0 Å². The van der Waals surface area contributed by atoms with Crippen molar-refractivity contribution in [2.24, 2.45) is 0 Å². The molecule has 1 unspecified atom stereocenters. The Kier molecular flexibility index (Phi) is 10.1. The standard InChI is InChI=1S/C28H38N2O5/c1-4-29-28(33)30(18-22-13-11-20(2)12-14-22)15-16-34-24-9-6-10-25(17-24)35-19-23-8-5-7-21(3)26(23)27(31)32/h5,7-8,11-14,24-25H,4,6,9-10,15-19H2,1-3H3,(H,29,33)(H,31,32)/t24-,25?/m0/s1. The number of aryl methyl sites for hydroxylation is 2. The predicted molar refractivity (Wildman–Crippen MR) is 136 cm³/mol. The van der Waals surface area contributed by atoms with Crippen molar-refractivity contribution in [3.63, 3.8) is 0 Å². The van der Waals surface area contributed by atoms with Crippen LogP contribution in [0, 0.1) is 13.8 Å². The minimum atomic E-state index is -0.922. The van der Waals surface area contributed by atoms with Crippen LogP contribution in [0.1, 0.15) is 65.2 Å². The Morgan fingerprint density at radius 2 is 1.77 bits per heavy atom. The molecule has 2 aromatic carbocycles. The van der Waals surface area contributed by atoms with E-state index in [4.69, 9.17) is 9.47 Å². The molecule has 35 heavy (non-hydrogen) atoms. The number of carboxylic acid groups (broad SMARTS) is 1. The van der Waals surface area contributed by atoms with E-state index in [-0.39, 0.29) is 24.8 Å². The van der Waals surface area contributed by atoms with Gasteiger partial charge in [0.25, 0.3) is 0 Å². The fraction of sp³-hybridized carbons (Fsp3) is 0.500. The van der Waals surface area contributed by atoms with Crippen LogP contribution in [-0.2, 0) is 22.6 Å². The van der Waals surface area contributed by atoms with Gasteiger partial charge in [-0.1, -0.05) is 48.0 Å². The number of nitrogens with zero attached hydrogens (tertiary/aromatic N) is 1. The summed E-state index contributed by atoms with van der Waals surface area (Å²) in [6.07, 6.45) is 3.77. The maximum Gasteiger partial charge on any atom is 0.336 e. The third-order valence-electron chi connectivity index (χ3n) is 6.45. The third-order valence-corrected chi connectivity index (χ3v) is 6.45. The van der Waals surface area contributed by atoms with Gasteiger partial charge in [-0.05, 0) is 63.1 Å². The lowest BCUT2D eigenvalue weighted by molar-refractivity contribution is -0.0526. The van der Waals surface area contributed by atoms with Crippen LogP contribution in [0.2, 0.25) is 0 Å². The van der Waals surface area contributed by atoms with E-state index in [9.17, 15) is 14.7 Å². The molecule has 1 aliphatic carbocycles. The Morgan fingerprint density at radius 3 is 2.46 bits per heavy atom. The molecule has 1 saturated carbocycles. The summed E-state index contributed by atoms with van der Waals surface area (Å²) < 4.78 is 12.3. The Labute approximate surface area is 208 Å². The van der Waals surface area contributed by atoms with Gasteiger partial charge in [-0.2, -0.15) is 0 Å². The zero-order valence-electron chi connectivity index (χ0n) is 21.1. The van der Waals surface area contributed by atoms with E-state index in [0.717, 1.165) is 36.8 Å². The number of amides is 2. The molecule has 0 spiro atoms. The first kappa shape index (κ1) is 26.7. The van der Waals surface area contributed by atoms with Crippen molar-refractivity contribution < 1.29 is 24.2 Å². The molecule has 1 aliphatic rings. The molecule has 0 heterocycles. The van der Waals surface area contributed by atoms with E-state index >= 15 is 0 Å². The van der Waals surface area contributed by atoms with E-state index in [1.165, 1.54) is 5.56 Å². The van der Waals surface area contributed by atoms with Crippen molar-refractivity contribution in [1.82, 2.24) is 10.2 Å². The number of rotatable bonds is 11. The average molecular weight is 483 g/mol. The van der Waals surface area contributed by atoms with Crippen LogP contribution in [0.25, 0.3) is 0 Å². The van der Waals surface area contributed by atoms with E-state index in [0.29, 0.717) is 37.4 Å². The molecule has 0 saturated heterocycles. The summed E-state index contributed by atoms with van der Waals surface area (Å²) >= 11 is 0. The summed E-state index contributed by atoms with van der Waals surface area (Å²) in [5.41, 5.74) is 4.05. The zero-order valence-corrected chi connectivity index (χ0v) is 21.1. The molecule has 2 atom stereocenters. The van der Waals surface area contributed by atoms with E-state index in [1.54, 1.807) is 17.9 Å². The molecule has 0 aliphatic heterocycles. The maximum atomic E-state index is 12.6. The smallest absolute Gasteiger partial charge is 0.336 e. The summed E-state index contributed by atoms with van der Waals surface area (Å²) in [6, 6.07) is 13.6. The molecule has 1 fully saturated rings. The van der Waals surface area contributed by atoms with Gasteiger partial charge in [0, 0.05) is 19.6 Å². The first-order valence-corrected chi connectivity index (χ1v) is 12.5. The highest BCUT2D eigenvalue weighted by Gasteiger charge is 2.24. The third kappa shape index (κ3) is 8.08. The van der Waals surface area contributed by atoms with Gasteiger partial charge in [0.05, 0.1) is 31.0 Å². The first-order chi connectivity index (χ1) is 16.9. The van der Waals surface area contributed by atoms with E-state index in [2.05, 4.69) is 29.6 Å². The number of carboxylic acids is 1. The van der Waals surface area contributed by atoms with Gasteiger partial charge >= 0.3 is 12.0 Å². The van der Waals surface area contributed by atoms with Crippen molar-refractivity contribution in [3.05, 3.63) is 70.3 Å². The lowest BCUT2D eigenvalue weighted by atomic mass is 9.94. The molecule has 0 radical (unpaired) electrons. The Bertz CT molecular complexity index is 976. The molecule has 2 amide bonds. The predicted octanol–water partition coefficient (Wildman–Crippen LogP) is 5.08. The normalized spacial score (nSPS) is 17.7. The number of benzene rings is 2. The quantitative estimate of drug-likeness (QED) is 0.466. The van der Waals surface area contributed by atoms with Crippen molar-refractivity contribution in [2.45, 2.75) is 71.8 Å². The van der Waals surface area contributed by atoms with Crippen LogP contribution in [0.5, 0.6) is 0 Å². The van der Waals surface area contributed by atoms with Gasteiger partial charge in [0.1, 0.15) is 0 Å².